The number of non-ortho nitro benzene ring substituents is 1. The largest absolute Gasteiger partial charge is 0.388 e. The molecule has 0 aromatic heterocycles. The number of aliphatic hydroxyl groups is 1. The highest BCUT2D eigenvalue weighted by Gasteiger charge is 2.30. The molecule has 5 heteroatoms. The van der Waals surface area contributed by atoms with Gasteiger partial charge in [0, 0.05) is 24.5 Å². The Kier molecular flexibility index (Phi) is 3.72. The van der Waals surface area contributed by atoms with Gasteiger partial charge in [0.15, 0.2) is 0 Å². The van der Waals surface area contributed by atoms with Crippen molar-refractivity contribution >= 4 is 11.5 Å². The fraction of sp³-hybridized carbons (Fsp3) is 0.462. The minimum atomic E-state index is -0.933. The van der Waals surface area contributed by atoms with E-state index in [4.69, 9.17) is 0 Å². The van der Waals surface area contributed by atoms with Crippen LogP contribution < -0.4 is 0 Å². The number of benzene rings is 1. The van der Waals surface area contributed by atoms with E-state index in [1.807, 2.05) is 0 Å². The monoisotopic (exact) mass is 249 g/mol. The van der Waals surface area contributed by atoms with Crippen LogP contribution in [0.1, 0.15) is 37.4 Å². The Bertz CT molecular complexity index is 472. The van der Waals surface area contributed by atoms with Gasteiger partial charge in [-0.15, -0.1) is 0 Å². The van der Waals surface area contributed by atoms with E-state index in [9.17, 15) is 20.0 Å². The first kappa shape index (κ1) is 12.7. The average molecular weight is 249 g/mol. The quantitative estimate of drug-likeness (QED) is 0.658. The maximum atomic E-state index is 11.7. The number of hydrogen-bond donors (Lipinski definition) is 1. The summed E-state index contributed by atoms with van der Waals surface area (Å²) in [5, 5.41) is 20.9. The number of nitro groups is 1. The molecule has 1 N–H and O–H groups in total. The van der Waals surface area contributed by atoms with Crippen LogP contribution in [0.15, 0.2) is 24.3 Å². The van der Waals surface area contributed by atoms with Crippen molar-refractivity contribution in [3.8, 4) is 0 Å². The Morgan fingerprint density at radius 3 is 2.83 bits per heavy atom. The van der Waals surface area contributed by atoms with Gasteiger partial charge < -0.3 is 5.11 Å². The number of Topliss-reactive ketones (excluding diaryl/α,β-unsaturated/α-hetero) is 1. The number of carbonyl (C=O) groups is 1. The van der Waals surface area contributed by atoms with Crippen LogP contribution in [0.4, 0.5) is 5.69 Å². The smallest absolute Gasteiger partial charge is 0.269 e. The van der Waals surface area contributed by atoms with Gasteiger partial charge in [-0.25, -0.2) is 0 Å². The van der Waals surface area contributed by atoms with Gasteiger partial charge >= 0.3 is 0 Å². The summed E-state index contributed by atoms with van der Waals surface area (Å²) in [6.45, 7) is 0. The highest BCUT2D eigenvalue weighted by molar-refractivity contribution is 5.82. The molecule has 18 heavy (non-hydrogen) atoms. The highest BCUT2D eigenvalue weighted by atomic mass is 16.6. The second kappa shape index (κ2) is 5.27. The Balaban J connectivity index is 2.22. The molecule has 1 aliphatic carbocycles. The van der Waals surface area contributed by atoms with Gasteiger partial charge in [-0.3, -0.25) is 14.9 Å². The van der Waals surface area contributed by atoms with Gasteiger partial charge in [0.2, 0.25) is 0 Å². The third-order valence-electron chi connectivity index (χ3n) is 3.41. The molecule has 0 aliphatic heterocycles. The van der Waals surface area contributed by atoms with Gasteiger partial charge in [-0.05, 0) is 18.4 Å². The normalized spacial score (nSPS) is 21.6. The molecule has 1 aliphatic rings. The van der Waals surface area contributed by atoms with E-state index in [1.54, 1.807) is 6.07 Å². The van der Waals surface area contributed by atoms with Gasteiger partial charge in [0.05, 0.1) is 11.0 Å². The maximum absolute atomic E-state index is 11.7. The summed E-state index contributed by atoms with van der Waals surface area (Å²) in [6.07, 6.45) is 2.01. The zero-order valence-corrected chi connectivity index (χ0v) is 9.91. The summed E-state index contributed by atoms with van der Waals surface area (Å²) < 4.78 is 0. The minimum Gasteiger partial charge on any atom is -0.388 e. The number of ketones is 1. The van der Waals surface area contributed by atoms with Crippen molar-refractivity contribution in [3.05, 3.63) is 39.9 Å². The van der Waals surface area contributed by atoms with Crippen molar-refractivity contribution < 1.29 is 14.8 Å². The van der Waals surface area contributed by atoms with Crippen molar-refractivity contribution in [1.29, 1.82) is 0 Å². The van der Waals surface area contributed by atoms with Crippen LogP contribution in [0.25, 0.3) is 0 Å². The van der Waals surface area contributed by atoms with Crippen LogP contribution in [0.5, 0.6) is 0 Å². The fourth-order valence-corrected chi connectivity index (χ4v) is 2.40. The number of nitro benzene ring substituents is 1. The molecule has 1 saturated carbocycles. The molecule has 1 fully saturated rings. The molecule has 96 valence electrons. The minimum absolute atomic E-state index is 0.0558. The molecular weight excluding hydrogens is 234 g/mol. The molecule has 1 aromatic carbocycles. The predicted octanol–water partition coefficient (Wildman–Crippen LogP) is 2.39. The van der Waals surface area contributed by atoms with Crippen molar-refractivity contribution in [3.63, 3.8) is 0 Å². The molecule has 2 rings (SSSR count). The summed E-state index contributed by atoms with van der Waals surface area (Å²) in [4.78, 5) is 21.9. The van der Waals surface area contributed by atoms with Crippen LogP contribution in [-0.2, 0) is 4.79 Å². The van der Waals surface area contributed by atoms with E-state index in [0.717, 1.165) is 12.8 Å². The fourth-order valence-electron chi connectivity index (χ4n) is 2.40. The number of nitrogens with zero attached hydrogens (tertiary/aromatic N) is 1. The Morgan fingerprint density at radius 2 is 2.17 bits per heavy atom. The topological polar surface area (TPSA) is 80.4 Å². The number of carbonyl (C=O) groups excluding carboxylic acids is 1. The Labute approximate surface area is 105 Å². The Hall–Kier alpha value is -1.75. The van der Waals surface area contributed by atoms with E-state index >= 15 is 0 Å². The standard InChI is InChI=1S/C13H15NO4/c15-12-7-2-1-6-11(12)13(16)9-4-3-5-10(8-9)14(17)18/h3-5,8,11,13,16H,1-2,6-7H2/t11-,13-/m0/s1. The maximum Gasteiger partial charge on any atom is 0.269 e. The van der Waals surface area contributed by atoms with Crippen LogP contribution in [0, 0.1) is 16.0 Å². The third-order valence-corrected chi connectivity index (χ3v) is 3.41. The number of hydrogen-bond acceptors (Lipinski definition) is 4. The SMILES string of the molecule is O=C1CCCC[C@@H]1[C@@H](O)c1cccc([N+](=O)[O-])c1. The van der Waals surface area contributed by atoms with Crippen LogP contribution in [0.2, 0.25) is 0 Å². The van der Waals surface area contributed by atoms with Gasteiger partial charge in [0.25, 0.3) is 5.69 Å². The van der Waals surface area contributed by atoms with Crippen molar-refractivity contribution in [2.45, 2.75) is 31.8 Å². The Morgan fingerprint density at radius 1 is 1.39 bits per heavy atom. The molecule has 1 aromatic rings. The van der Waals surface area contributed by atoms with Crippen LogP contribution in [0.3, 0.4) is 0 Å². The summed E-state index contributed by atoms with van der Waals surface area (Å²) in [7, 11) is 0. The molecule has 0 heterocycles. The highest BCUT2D eigenvalue weighted by Crippen LogP contribution is 2.33. The van der Waals surface area contributed by atoms with Crippen LogP contribution >= 0.6 is 0 Å². The molecule has 0 unspecified atom stereocenters. The molecule has 0 saturated heterocycles. The lowest BCUT2D eigenvalue weighted by Crippen LogP contribution is -2.25. The first-order valence-electron chi connectivity index (χ1n) is 6.04. The van der Waals surface area contributed by atoms with Gasteiger partial charge in [0.1, 0.15) is 5.78 Å². The lowest BCUT2D eigenvalue weighted by atomic mass is 9.81. The first-order chi connectivity index (χ1) is 8.59. The van der Waals surface area contributed by atoms with E-state index in [-0.39, 0.29) is 11.5 Å². The lowest BCUT2D eigenvalue weighted by Gasteiger charge is -2.25. The second-order valence-electron chi connectivity index (χ2n) is 4.62. The second-order valence-corrected chi connectivity index (χ2v) is 4.62. The van der Waals surface area contributed by atoms with E-state index in [0.29, 0.717) is 18.4 Å². The molecule has 0 amide bonds. The number of aliphatic hydroxyl groups excluding tert-OH is 1. The summed E-state index contributed by atoms with van der Waals surface area (Å²) in [6, 6.07) is 5.87. The van der Waals surface area contributed by atoms with Gasteiger partial charge in [-0.1, -0.05) is 18.6 Å². The van der Waals surface area contributed by atoms with Crippen molar-refractivity contribution in [2.75, 3.05) is 0 Å². The molecule has 5 nitrogen and oxygen atoms in total. The van der Waals surface area contributed by atoms with E-state index in [2.05, 4.69) is 0 Å². The van der Waals surface area contributed by atoms with Crippen molar-refractivity contribution in [2.24, 2.45) is 5.92 Å². The predicted molar refractivity (Wildman–Crippen MR) is 65.0 cm³/mol. The third kappa shape index (κ3) is 2.56. The molecule has 2 atom stereocenters. The average Bonchev–Trinajstić information content (AvgIpc) is 2.38. The zero-order valence-electron chi connectivity index (χ0n) is 9.91. The molecule has 0 radical (unpaired) electrons. The molecule has 0 spiro atoms. The summed E-state index contributed by atoms with van der Waals surface area (Å²) in [5.74, 6) is -0.360. The lowest BCUT2D eigenvalue weighted by molar-refractivity contribution is -0.385. The molecular formula is C13H15NO4. The zero-order chi connectivity index (χ0) is 13.1. The number of rotatable bonds is 3. The summed E-state index contributed by atoms with van der Waals surface area (Å²) >= 11 is 0. The first-order valence-corrected chi connectivity index (χ1v) is 6.04. The van der Waals surface area contributed by atoms with Crippen LogP contribution in [-0.4, -0.2) is 15.8 Å². The summed E-state index contributed by atoms with van der Waals surface area (Å²) in [5.41, 5.74) is 0.388. The van der Waals surface area contributed by atoms with E-state index in [1.165, 1.54) is 18.2 Å². The van der Waals surface area contributed by atoms with Gasteiger partial charge in [-0.2, -0.15) is 0 Å². The molecule has 0 bridgehead atoms. The van der Waals surface area contributed by atoms with E-state index < -0.39 is 16.9 Å². The van der Waals surface area contributed by atoms with Crippen molar-refractivity contribution in [1.82, 2.24) is 0 Å².